The molecule has 0 aromatic carbocycles. The SMILES string of the molecule is Cc1ncc(-c2ccc(OCC3CCOCC3)cn2)c(N2CCC(C)(C)CC2)c1CC(=O)O. The Labute approximate surface area is 196 Å². The molecule has 2 aliphatic heterocycles. The summed E-state index contributed by atoms with van der Waals surface area (Å²) in [5.41, 5.74) is 4.47. The first-order valence-electron chi connectivity index (χ1n) is 11.9. The van der Waals surface area contributed by atoms with Gasteiger partial charge in [0.25, 0.3) is 0 Å². The van der Waals surface area contributed by atoms with Gasteiger partial charge in [-0.3, -0.25) is 14.8 Å². The zero-order chi connectivity index (χ0) is 23.4. The van der Waals surface area contributed by atoms with Gasteiger partial charge in [-0.15, -0.1) is 0 Å². The number of rotatable bonds is 7. The highest BCUT2D eigenvalue weighted by molar-refractivity contribution is 5.83. The zero-order valence-corrected chi connectivity index (χ0v) is 20.0. The third-order valence-electron chi connectivity index (χ3n) is 6.97. The van der Waals surface area contributed by atoms with Crippen LogP contribution in [0.1, 0.15) is 50.8 Å². The lowest BCUT2D eigenvalue weighted by molar-refractivity contribution is -0.136. The number of carboxylic acid groups (broad SMARTS) is 1. The fourth-order valence-corrected chi connectivity index (χ4v) is 4.63. The van der Waals surface area contributed by atoms with Crippen LogP contribution < -0.4 is 9.64 Å². The van der Waals surface area contributed by atoms with Crippen LogP contribution in [0.5, 0.6) is 5.75 Å². The lowest BCUT2D eigenvalue weighted by atomic mass is 9.82. The van der Waals surface area contributed by atoms with Crippen molar-refractivity contribution in [1.82, 2.24) is 9.97 Å². The molecule has 0 amide bonds. The molecule has 7 nitrogen and oxygen atoms in total. The molecule has 1 N–H and O–H groups in total. The first-order valence-corrected chi connectivity index (χ1v) is 11.9. The van der Waals surface area contributed by atoms with Crippen molar-refractivity contribution >= 4 is 11.7 Å². The zero-order valence-electron chi connectivity index (χ0n) is 20.0. The summed E-state index contributed by atoms with van der Waals surface area (Å²) in [6, 6.07) is 3.90. The van der Waals surface area contributed by atoms with Crippen LogP contribution in [-0.2, 0) is 16.0 Å². The van der Waals surface area contributed by atoms with E-state index >= 15 is 0 Å². The second-order valence-corrected chi connectivity index (χ2v) is 10.1. The van der Waals surface area contributed by atoms with Crippen LogP contribution in [0.15, 0.2) is 24.5 Å². The number of aryl methyl sites for hydroxylation is 1. The minimum atomic E-state index is -0.847. The maximum atomic E-state index is 11.7. The summed E-state index contributed by atoms with van der Waals surface area (Å²) in [5, 5.41) is 9.58. The molecule has 0 radical (unpaired) electrons. The number of aliphatic carboxylic acids is 1. The number of aromatic nitrogens is 2. The van der Waals surface area contributed by atoms with Gasteiger partial charge in [0.05, 0.1) is 30.6 Å². The summed E-state index contributed by atoms with van der Waals surface area (Å²) in [6.45, 7) is 10.5. The minimum Gasteiger partial charge on any atom is -0.492 e. The molecule has 7 heteroatoms. The molecule has 33 heavy (non-hydrogen) atoms. The number of hydrogen-bond donors (Lipinski definition) is 1. The molecule has 0 aliphatic carbocycles. The maximum absolute atomic E-state index is 11.7. The molecular weight excluding hydrogens is 418 g/mol. The summed E-state index contributed by atoms with van der Waals surface area (Å²) in [5.74, 6) is 0.422. The average molecular weight is 454 g/mol. The fourth-order valence-electron chi connectivity index (χ4n) is 4.63. The standard InChI is InChI=1S/C26H35N3O4/c1-18-21(14-24(30)31)25(29-10-8-26(2,3)9-11-29)22(16-27-18)23-5-4-20(15-28-23)33-17-19-6-12-32-13-7-19/h4-5,15-16,19H,6-14,17H2,1-3H3,(H,30,31). The number of carboxylic acids is 1. The number of hydrogen-bond acceptors (Lipinski definition) is 6. The quantitative estimate of drug-likeness (QED) is 0.660. The lowest BCUT2D eigenvalue weighted by Gasteiger charge is -2.40. The van der Waals surface area contributed by atoms with Gasteiger partial charge >= 0.3 is 5.97 Å². The molecule has 2 fully saturated rings. The van der Waals surface area contributed by atoms with E-state index in [4.69, 9.17) is 9.47 Å². The van der Waals surface area contributed by atoms with E-state index in [1.165, 1.54) is 0 Å². The van der Waals surface area contributed by atoms with Gasteiger partial charge in [-0.25, -0.2) is 0 Å². The average Bonchev–Trinajstić information content (AvgIpc) is 2.80. The number of ether oxygens (including phenoxy) is 2. The van der Waals surface area contributed by atoms with Crippen molar-refractivity contribution in [2.75, 3.05) is 37.8 Å². The first-order chi connectivity index (χ1) is 15.8. The summed E-state index contributed by atoms with van der Waals surface area (Å²) < 4.78 is 11.4. The number of nitrogens with zero attached hydrogens (tertiary/aromatic N) is 3. The molecule has 2 aliphatic rings. The van der Waals surface area contributed by atoms with Crippen molar-refractivity contribution in [3.8, 4) is 17.0 Å². The Balaban J connectivity index is 1.60. The molecule has 2 aromatic rings. The van der Waals surface area contributed by atoms with Gasteiger partial charge in [0, 0.05) is 49.3 Å². The van der Waals surface area contributed by atoms with Crippen LogP contribution in [-0.4, -0.2) is 54.0 Å². The molecule has 0 bridgehead atoms. The van der Waals surface area contributed by atoms with Crippen molar-refractivity contribution in [2.45, 2.75) is 52.9 Å². The predicted octanol–water partition coefficient (Wildman–Crippen LogP) is 4.51. The van der Waals surface area contributed by atoms with Gasteiger partial charge in [-0.2, -0.15) is 0 Å². The van der Waals surface area contributed by atoms with Crippen molar-refractivity contribution in [2.24, 2.45) is 11.3 Å². The van der Waals surface area contributed by atoms with Gasteiger partial charge in [0.1, 0.15) is 5.75 Å². The Morgan fingerprint density at radius 3 is 2.55 bits per heavy atom. The third kappa shape index (κ3) is 5.82. The molecule has 178 valence electrons. The van der Waals surface area contributed by atoms with Crippen molar-refractivity contribution in [3.63, 3.8) is 0 Å². The van der Waals surface area contributed by atoms with E-state index in [-0.39, 0.29) is 6.42 Å². The highest BCUT2D eigenvalue weighted by atomic mass is 16.5. The van der Waals surface area contributed by atoms with Gasteiger partial charge in [0.15, 0.2) is 0 Å². The second kappa shape index (κ2) is 10.1. The predicted molar refractivity (Wildman–Crippen MR) is 128 cm³/mol. The molecule has 0 unspecified atom stereocenters. The Morgan fingerprint density at radius 1 is 1.18 bits per heavy atom. The van der Waals surface area contributed by atoms with Gasteiger partial charge in [0.2, 0.25) is 0 Å². The number of anilines is 1. The number of pyridine rings is 2. The largest absolute Gasteiger partial charge is 0.492 e. The lowest BCUT2D eigenvalue weighted by Crippen LogP contribution is -2.38. The molecule has 0 saturated carbocycles. The smallest absolute Gasteiger partial charge is 0.307 e. The van der Waals surface area contributed by atoms with Crippen molar-refractivity contribution < 1.29 is 19.4 Å². The molecule has 0 atom stereocenters. The second-order valence-electron chi connectivity index (χ2n) is 10.1. The Morgan fingerprint density at radius 2 is 1.91 bits per heavy atom. The summed E-state index contributed by atoms with van der Waals surface area (Å²) in [6.07, 6.45) is 7.73. The highest BCUT2D eigenvalue weighted by Gasteiger charge is 2.29. The Bertz CT molecular complexity index is 958. The molecule has 2 aromatic heterocycles. The van der Waals surface area contributed by atoms with Crippen LogP contribution in [0.3, 0.4) is 0 Å². The van der Waals surface area contributed by atoms with E-state index in [9.17, 15) is 9.90 Å². The van der Waals surface area contributed by atoms with Crippen LogP contribution >= 0.6 is 0 Å². The van der Waals surface area contributed by atoms with E-state index in [2.05, 4.69) is 28.7 Å². The van der Waals surface area contributed by atoms with E-state index in [0.29, 0.717) is 17.9 Å². The van der Waals surface area contributed by atoms with E-state index in [1.54, 1.807) is 6.20 Å². The monoisotopic (exact) mass is 453 g/mol. The van der Waals surface area contributed by atoms with Crippen LogP contribution in [0, 0.1) is 18.3 Å². The summed E-state index contributed by atoms with van der Waals surface area (Å²) in [4.78, 5) is 23.2. The normalized spacial score (nSPS) is 18.8. The van der Waals surface area contributed by atoms with E-state index in [0.717, 1.165) is 85.9 Å². The van der Waals surface area contributed by atoms with Crippen LogP contribution in [0.2, 0.25) is 0 Å². The third-order valence-corrected chi connectivity index (χ3v) is 6.97. The van der Waals surface area contributed by atoms with Crippen LogP contribution in [0.25, 0.3) is 11.3 Å². The van der Waals surface area contributed by atoms with Gasteiger partial charge in [-0.1, -0.05) is 13.8 Å². The molecule has 4 heterocycles. The van der Waals surface area contributed by atoms with Crippen molar-refractivity contribution in [3.05, 3.63) is 35.8 Å². The van der Waals surface area contributed by atoms with Gasteiger partial charge < -0.3 is 19.5 Å². The summed E-state index contributed by atoms with van der Waals surface area (Å²) in [7, 11) is 0. The number of piperidine rings is 1. The Kier molecular flexibility index (Phi) is 7.17. The van der Waals surface area contributed by atoms with E-state index < -0.39 is 5.97 Å². The topological polar surface area (TPSA) is 84.8 Å². The molecular formula is C26H35N3O4. The van der Waals surface area contributed by atoms with E-state index in [1.807, 2.05) is 25.3 Å². The minimum absolute atomic E-state index is 0.0474. The molecule has 2 saturated heterocycles. The summed E-state index contributed by atoms with van der Waals surface area (Å²) >= 11 is 0. The van der Waals surface area contributed by atoms with Crippen molar-refractivity contribution in [1.29, 1.82) is 0 Å². The molecule has 0 spiro atoms. The maximum Gasteiger partial charge on any atom is 0.307 e. The Hall–Kier alpha value is -2.67. The highest BCUT2D eigenvalue weighted by Crippen LogP contribution is 2.39. The van der Waals surface area contributed by atoms with Crippen LogP contribution in [0.4, 0.5) is 5.69 Å². The molecule has 4 rings (SSSR count). The first kappa shape index (κ1) is 23.5. The number of carbonyl (C=O) groups is 1. The van der Waals surface area contributed by atoms with Gasteiger partial charge in [-0.05, 0) is 56.1 Å². The fraction of sp³-hybridized carbons (Fsp3) is 0.577.